The minimum atomic E-state index is -2.72. The number of pyridine rings is 2. The number of carbonyl (C=O) groups is 2. The van der Waals surface area contributed by atoms with Gasteiger partial charge in [0.1, 0.15) is 11.3 Å². The van der Waals surface area contributed by atoms with Gasteiger partial charge < -0.3 is 14.6 Å². The lowest BCUT2D eigenvalue weighted by atomic mass is 9.99. The fraction of sp³-hybridized carbons (Fsp3) is 0.176. The van der Waals surface area contributed by atoms with E-state index in [0.29, 0.717) is 22.6 Å². The van der Waals surface area contributed by atoms with Crippen LogP contribution in [-0.4, -0.2) is 45.7 Å². The number of aromatic nitrogens is 2. The Kier molecular flexibility index (Phi) is 8.71. The summed E-state index contributed by atoms with van der Waals surface area (Å²) in [4.78, 5) is 35.4. The lowest BCUT2D eigenvalue weighted by Crippen LogP contribution is -2.42. The number of piperidine rings is 1. The number of carbonyl (C=O) groups excluding carboxylic acids is 2. The standard InChI is InChI=1S/C34H30F2N4O3/c1-3-5-23(4-2)6-9-31(41)39-22-28-19-27-18-26(20-29(32(27)43-28)24-10-14-37-15-11-24)30-8-7-25(21-38-30)33(42)40-16-12-34(35,36)13-17-40/h3-11,14-15,18-21H,1-2,12-13,16-17,22H2,(H,39,41). The van der Waals surface area contributed by atoms with Crippen LogP contribution in [0.2, 0.25) is 0 Å². The molecule has 1 aliphatic rings. The highest BCUT2D eigenvalue weighted by Crippen LogP contribution is 2.35. The maximum atomic E-state index is 13.5. The average Bonchev–Trinajstić information content (AvgIpc) is 3.45. The van der Waals surface area contributed by atoms with Crippen molar-refractivity contribution in [2.24, 2.45) is 0 Å². The molecule has 43 heavy (non-hydrogen) atoms. The summed E-state index contributed by atoms with van der Waals surface area (Å²) in [6, 6.07) is 12.9. The normalized spacial score (nSPS) is 15.0. The van der Waals surface area contributed by atoms with E-state index in [-0.39, 0.29) is 44.3 Å². The molecule has 4 heterocycles. The Balaban J connectivity index is 1.39. The Morgan fingerprint density at radius 1 is 1.02 bits per heavy atom. The molecule has 0 atom stereocenters. The topological polar surface area (TPSA) is 88.3 Å². The summed E-state index contributed by atoms with van der Waals surface area (Å²) in [7, 11) is 0. The van der Waals surface area contributed by atoms with E-state index in [1.807, 2.05) is 30.3 Å². The van der Waals surface area contributed by atoms with Crippen molar-refractivity contribution in [3.8, 4) is 22.4 Å². The molecular formula is C34H30F2N4O3. The highest BCUT2D eigenvalue weighted by Gasteiger charge is 2.35. The maximum absolute atomic E-state index is 13.5. The van der Waals surface area contributed by atoms with Gasteiger partial charge in [-0.3, -0.25) is 19.6 Å². The predicted octanol–water partition coefficient (Wildman–Crippen LogP) is 6.90. The van der Waals surface area contributed by atoms with E-state index in [9.17, 15) is 18.4 Å². The minimum Gasteiger partial charge on any atom is -0.459 e. The number of allylic oxidation sites excluding steroid dienone is 5. The van der Waals surface area contributed by atoms with Crippen LogP contribution < -0.4 is 5.32 Å². The van der Waals surface area contributed by atoms with E-state index in [2.05, 4.69) is 28.4 Å². The number of furan rings is 1. The summed E-state index contributed by atoms with van der Waals surface area (Å²) in [5, 5.41) is 3.64. The van der Waals surface area contributed by atoms with Crippen LogP contribution in [0.1, 0.15) is 29.0 Å². The van der Waals surface area contributed by atoms with Crippen molar-refractivity contribution < 1.29 is 22.8 Å². The van der Waals surface area contributed by atoms with Gasteiger partial charge in [-0.25, -0.2) is 8.78 Å². The summed E-state index contributed by atoms with van der Waals surface area (Å²) in [6.45, 7) is 7.56. The van der Waals surface area contributed by atoms with Crippen molar-refractivity contribution in [3.05, 3.63) is 121 Å². The van der Waals surface area contributed by atoms with Gasteiger partial charge in [0.25, 0.3) is 11.8 Å². The summed E-state index contributed by atoms with van der Waals surface area (Å²) in [5.74, 6) is -2.76. The molecule has 0 radical (unpaired) electrons. The van der Waals surface area contributed by atoms with E-state index >= 15 is 0 Å². The number of halogens is 2. The first-order valence-electron chi connectivity index (χ1n) is 13.8. The Hall–Kier alpha value is -5.18. The van der Waals surface area contributed by atoms with Crippen molar-refractivity contribution in [2.75, 3.05) is 13.1 Å². The Morgan fingerprint density at radius 2 is 1.79 bits per heavy atom. The van der Waals surface area contributed by atoms with E-state index < -0.39 is 5.92 Å². The Morgan fingerprint density at radius 3 is 2.47 bits per heavy atom. The van der Waals surface area contributed by atoms with Crippen LogP contribution in [0.5, 0.6) is 0 Å². The molecule has 0 bridgehead atoms. The zero-order chi connectivity index (χ0) is 30.4. The molecule has 1 aromatic carbocycles. The van der Waals surface area contributed by atoms with Gasteiger partial charge >= 0.3 is 0 Å². The van der Waals surface area contributed by atoms with Crippen LogP contribution in [0, 0.1) is 0 Å². The van der Waals surface area contributed by atoms with Crippen LogP contribution >= 0.6 is 0 Å². The van der Waals surface area contributed by atoms with Crippen molar-refractivity contribution in [1.82, 2.24) is 20.2 Å². The highest BCUT2D eigenvalue weighted by atomic mass is 19.3. The van der Waals surface area contributed by atoms with Crippen LogP contribution in [0.25, 0.3) is 33.4 Å². The molecule has 5 rings (SSSR count). The summed E-state index contributed by atoms with van der Waals surface area (Å²) < 4.78 is 33.3. The van der Waals surface area contributed by atoms with Crippen molar-refractivity contribution in [2.45, 2.75) is 25.3 Å². The summed E-state index contributed by atoms with van der Waals surface area (Å²) >= 11 is 0. The highest BCUT2D eigenvalue weighted by molar-refractivity contribution is 5.97. The van der Waals surface area contributed by atoms with Gasteiger partial charge in [-0.05, 0) is 59.7 Å². The molecule has 1 aliphatic heterocycles. The molecule has 1 fully saturated rings. The summed E-state index contributed by atoms with van der Waals surface area (Å²) in [6.07, 6.45) is 12.2. The Bertz CT molecular complexity index is 1710. The van der Waals surface area contributed by atoms with Gasteiger partial charge in [0.05, 0.1) is 17.8 Å². The molecule has 218 valence electrons. The number of hydrogen-bond acceptors (Lipinski definition) is 5. The van der Waals surface area contributed by atoms with E-state index in [0.717, 1.165) is 27.6 Å². The number of alkyl halides is 2. The third kappa shape index (κ3) is 7.01. The third-order valence-electron chi connectivity index (χ3n) is 7.16. The van der Waals surface area contributed by atoms with Crippen LogP contribution in [0.3, 0.4) is 0 Å². The van der Waals surface area contributed by atoms with Crippen LogP contribution in [0.15, 0.2) is 115 Å². The first-order chi connectivity index (χ1) is 20.8. The van der Waals surface area contributed by atoms with E-state index in [1.54, 1.807) is 48.8 Å². The molecular weight excluding hydrogens is 550 g/mol. The second-order valence-electron chi connectivity index (χ2n) is 10.1. The van der Waals surface area contributed by atoms with Gasteiger partial charge in [0, 0.05) is 67.1 Å². The van der Waals surface area contributed by atoms with Gasteiger partial charge in [0.2, 0.25) is 5.91 Å². The zero-order valence-electron chi connectivity index (χ0n) is 23.4. The van der Waals surface area contributed by atoms with Crippen molar-refractivity contribution >= 4 is 22.8 Å². The molecule has 1 N–H and O–H groups in total. The number of benzene rings is 1. The number of fused-ring (bicyclic) bond motifs is 1. The van der Waals surface area contributed by atoms with E-state index in [1.165, 1.54) is 17.2 Å². The molecule has 0 unspecified atom stereocenters. The van der Waals surface area contributed by atoms with Gasteiger partial charge in [-0.1, -0.05) is 31.4 Å². The molecule has 0 aliphatic carbocycles. The molecule has 1 saturated heterocycles. The van der Waals surface area contributed by atoms with Crippen LogP contribution in [0.4, 0.5) is 8.78 Å². The fourth-order valence-electron chi connectivity index (χ4n) is 4.83. The predicted molar refractivity (Wildman–Crippen MR) is 162 cm³/mol. The summed E-state index contributed by atoms with van der Waals surface area (Å²) in [5.41, 5.74) is 4.87. The number of nitrogens with zero attached hydrogens (tertiary/aromatic N) is 3. The maximum Gasteiger partial charge on any atom is 0.255 e. The SMILES string of the molecule is C=CC=C(C=C)C=CC(=O)NCc1cc2cc(-c3ccc(C(=O)N4CCC(F)(F)CC4)cn3)cc(-c3ccncc3)c2o1. The van der Waals surface area contributed by atoms with Crippen molar-refractivity contribution in [3.63, 3.8) is 0 Å². The zero-order valence-corrected chi connectivity index (χ0v) is 23.4. The minimum absolute atomic E-state index is 0.0152. The van der Waals surface area contributed by atoms with Gasteiger partial charge in [-0.2, -0.15) is 0 Å². The first-order valence-corrected chi connectivity index (χ1v) is 13.8. The van der Waals surface area contributed by atoms with Gasteiger partial charge in [0.15, 0.2) is 0 Å². The third-order valence-corrected chi connectivity index (χ3v) is 7.16. The monoisotopic (exact) mass is 580 g/mol. The second kappa shape index (κ2) is 12.8. The fourth-order valence-corrected chi connectivity index (χ4v) is 4.83. The Labute approximate surface area is 247 Å². The molecule has 0 saturated carbocycles. The van der Waals surface area contributed by atoms with E-state index in [4.69, 9.17) is 4.42 Å². The van der Waals surface area contributed by atoms with Crippen LogP contribution in [-0.2, 0) is 11.3 Å². The number of nitrogens with one attached hydrogen (secondary N) is 1. The number of likely N-dealkylation sites (tertiary alicyclic amines) is 1. The lowest BCUT2D eigenvalue weighted by Gasteiger charge is -2.31. The quantitative estimate of drug-likeness (QED) is 0.172. The molecule has 0 spiro atoms. The molecule has 9 heteroatoms. The average molecular weight is 581 g/mol. The smallest absolute Gasteiger partial charge is 0.255 e. The second-order valence-corrected chi connectivity index (χ2v) is 10.1. The molecule has 4 aromatic rings. The first kappa shape index (κ1) is 29.3. The van der Waals surface area contributed by atoms with Crippen molar-refractivity contribution in [1.29, 1.82) is 0 Å². The molecule has 2 amide bonds. The number of amides is 2. The lowest BCUT2D eigenvalue weighted by molar-refractivity contribution is -0.116. The largest absolute Gasteiger partial charge is 0.459 e. The molecule has 7 nitrogen and oxygen atoms in total. The number of hydrogen-bond donors (Lipinski definition) is 1. The molecule has 3 aromatic heterocycles. The number of rotatable bonds is 9. The van der Waals surface area contributed by atoms with Gasteiger partial charge in [-0.15, -0.1) is 0 Å².